The molecule has 0 spiro atoms. The van der Waals surface area contributed by atoms with Crippen LogP contribution >= 0.6 is 0 Å². The van der Waals surface area contributed by atoms with Gasteiger partial charge in [-0.2, -0.15) is 0 Å². The minimum absolute atomic E-state index is 0.167. The van der Waals surface area contributed by atoms with Gasteiger partial charge >= 0.3 is 0 Å². The number of sulfone groups is 1. The molecule has 1 heterocycles. The highest BCUT2D eigenvalue weighted by atomic mass is 32.2. The smallest absolute Gasteiger partial charge is 0.177 e. The molecule has 0 unspecified atom stereocenters. The van der Waals surface area contributed by atoms with Gasteiger partial charge in [-0.25, -0.2) is 8.42 Å². The number of piperazine rings is 1. The Hall–Kier alpha value is -1.11. The van der Waals surface area contributed by atoms with E-state index < -0.39 is 9.84 Å². The molecular formula is C13H20N2O3S. The van der Waals surface area contributed by atoms with Gasteiger partial charge in [-0.1, -0.05) is 12.1 Å². The highest BCUT2D eigenvalue weighted by molar-refractivity contribution is 7.90. The molecule has 6 heteroatoms. The van der Waals surface area contributed by atoms with E-state index in [-0.39, 0.29) is 6.61 Å². The second kappa shape index (κ2) is 5.90. The molecule has 0 radical (unpaired) electrons. The van der Waals surface area contributed by atoms with Crippen LogP contribution in [0.4, 0.5) is 5.69 Å². The van der Waals surface area contributed by atoms with E-state index in [4.69, 9.17) is 5.11 Å². The van der Waals surface area contributed by atoms with Crippen molar-refractivity contribution in [1.82, 2.24) is 4.90 Å². The van der Waals surface area contributed by atoms with Crippen molar-refractivity contribution in [3.63, 3.8) is 0 Å². The second-order valence-electron chi connectivity index (χ2n) is 4.79. The summed E-state index contributed by atoms with van der Waals surface area (Å²) in [4.78, 5) is 4.68. The number of para-hydroxylation sites is 1. The van der Waals surface area contributed by atoms with Gasteiger partial charge in [-0.15, -0.1) is 0 Å². The van der Waals surface area contributed by atoms with Crippen LogP contribution < -0.4 is 4.90 Å². The average Bonchev–Trinajstić information content (AvgIpc) is 2.39. The first-order valence-electron chi connectivity index (χ1n) is 6.39. The number of benzene rings is 1. The molecule has 1 aliphatic heterocycles. The summed E-state index contributed by atoms with van der Waals surface area (Å²) >= 11 is 0. The standard InChI is InChI=1S/C13H20N2O3S/c1-19(17,18)13-5-3-2-4-12(13)15-8-6-14(7-9-15)10-11-16/h2-5,16H,6-11H2,1H3. The monoisotopic (exact) mass is 284 g/mol. The molecule has 0 bridgehead atoms. The molecule has 0 saturated carbocycles. The van der Waals surface area contributed by atoms with E-state index in [1.807, 2.05) is 12.1 Å². The highest BCUT2D eigenvalue weighted by Gasteiger charge is 2.21. The molecule has 0 atom stereocenters. The van der Waals surface area contributed by atoms with Gasteiger partial charge in [-0.3, -0.25) is 4.90 Å². The molecular weight excluding hydrogens is 264 g/mol. The summed E-state index contributed by atoms with van der Waals surface area (Å²) in [5, 5.41) is 8.92. The van der Waals surface area contributed by atoms with Gasteiger partial charge in [0.1, 0.15) is 0 Å². The van der Waals surface area contributed by atoms with Gasteiger partial charge in [0.25, 0.3) is 0 Å². The Morgan fingerprint density at radius 2 is 1.79 bits per heavy atom. The van der Waals surface area contributed by atoms with Gasteiger partial charge in [0.15, 0.2) is 9.84 Å². The van der Waals surface area contributed by atoms with E-state index in [1.165, 1.54) is 6.26 Å². The molecule has 0 aromatic heterocycles. The molecule has 1 saturated heterocycles. The number of rotatable bonds is 4. The van der Waals surface area contributed by atoms with Crippen LogP contribution in [0.25, 0.3) is 0 Å². The van der Waals surface area contributed by atoms with E-state index in [9.17, 15) is 8.42 Å². The number of hydrogen-bond acceptors (Lipinski definition) is 5. The van der Waals surface area contributed by atoms with E-state index in [0.717, 1.165) is 31.9 Å². The largest absolute Gasteiger partial charge is 0.395 e. The summed E-state index contributed by atoms with van der Waals surface area (Å²) in [7, 11) is -3.20. The molecule has 106 valence electrons. The Morgan fingerprint density at radius 1 is 1.16 bits per heavy atom. The lowest BCUT2D eigenvalue weighted by molar-refractivity contribution is 0.188. The van der Waals surface area contributed by atoms with E-state index >= 15 is 0 Å². The van der Waals surface area contributed by atoms with Crippen molar-refractivity contribution < 1.29 is 13.5 Å². The van der Waals surface area contributed by atoms with Crippen LogP contribution in [0.1, 0.15) is 0 Å². The third-order valence-corrected chi connectivity index (χ3v) is 4.54. The van der Waals surface area contributed by atoms with E-state index in [2.05, 4.69) is 9.80 Å². The van der Waals surface area contributed by atoms with Crippen LogP contribution in [0.3, 0.4) is 0 Å². The molecule has 5 nitrogen and oxygen atoms in total. The van der Waals surface area contributed by atoms with Crippen LogP contribution in [0.2, 0.25) is 0 Å². The number of β-amino-alcohol motifs (C(OH)–C–C–N with tert-alkyl or cyclic N) is 1. The zero-order valence-corrected chi connectivity index (χ0v) is 11.9. The lowest BCUT2D eigenvalue weighted by Crippen LogP contribution is -2.47. The molecule has 1 fully saturated rings. The second-order valence-corrected chi connectivity index (χ2v) is 6.78. The lowest BCUT2D eigenvalue weighted by Gasteiger charge is -2.36. The topological polar surface area (TPSA) is 60.9 Å². The fourth-order valence-corrected chi connectivity index (χ4v) is 3.29. The Bertz CT molecular complexity index is 522. The lowest BCUT2D eigenvalue weighted by atomic mass is 10.2. The Morgan fingerprint density at radius 3 is 2.37 bits per heavy atom. The van der Waals surface area contributed by atoms with Gasteiger partial charge in [-0.05, 0) is 12.1 Å². The quantitative estimate of drug-likeness (QED) is 0.856. The van der Waals surface area contributed by atoms with Crippen LogP contribution in [0.15, 0.2) is 29.2 Å². The van der Waals surface area contributed by atoms with E-state index in [0.29, 0.717) is 11.4 Å². The van der Waals surface area contributed by atoms with Gasteiger partial charge in [0.2, 0.25) is 0 Å². The number of hydrogen-bond donors (Lipinski definition) is 1. The van der Waals surface area contributed by atoms with Crippen molar-refractivity contribution in [2.75, 3.05) is 50.5 Å². The molecule has 0 amide bonds. The molecule has 1 N–H and O–H groups in total. The summed E-state index contributed by atoms with van der Waals surface area (Å²) in [5.74, 6) is 0. The van der Waals surface area contributed by atoms with Gasteiger partial charge < -0.3 is 10.0 Å². The molecule has 0 aliphatic carbocycles. The number of anilines is 1. The fourth-order valence-electron chi connectivity index (χ4n) is 2.39. The van der Waals surface area contributed by atoms with Gasteiger partial charge in [0, 0.05) is 39.0 Å². The summed E-state index contributed by atoms with van der Waals surface area (Å²) in [6, 6.07) is 7.13. The number of aliphatic hydroxyl groups is 1. The molecule has 1 aliphatic rings. The summed E-state index contributed by atoms with van der Waals surface area (Å²) in [6.45, 7) is 4.11. The minimum Gasteiger partial charge on any atom is -0.395 e. The maximum absolute atomic E-state index is 11.8. The Labute approximate surface area is 114 Å². The van der Waals surface area contributed by atoms with Crippen LogP contribution in [-0.4, -0.2) is 64.0 Å². The molecule has 1 aromatic rings. The summed E-state index contributed by atoms with van der Waals surface area (Å²) in [6.07, 6.45) is 1.24. The Kier molecular flexibility index (Phi) is 4.44. The zero-order chi connectivity index (χ0) is 13.9. The van der Waals surface area contributed by atoms with Crippen LogP contribution in [0.5, 0.6) is 0 Å². The highest BCUT2D eigenvalue weighted by Crippen LogP contribution is 2.25. The predicted molar refractivity (Wildman–Crippen MR) is 75.3 cm³/mol. The average molecular weight is 284 g/mol. The normalized spacial score (nSPS) is 17.7. The first-order chi connectivity index (χ1) is 9.02. The van der Waals surface area contributed by atoms with Crippen LogP contribution in [0, 0.1) is 0 Å². The fraction of sp³-hybridized carbons (Fsp3) is 0.538. The molecule has 2 rings (SSSR count). The van der Waals surface area contributed by atoms with Crippen molar-refractivity contribution in [1.29, 1.82) is 0 Å². The SMILES string of the molecule is CS(=O)(=O)c1ccccc1N1CCN(CCO)CC1. The maximum Gasteiger partial charge on any atom is 0.177 e. The number of aliphatic hydroxyl groups excluding tert-OH is 1. The molecule has 19 heavy (non-hydrogen) atoms. The third kappa shape index (κ3) is 3.46. The van der Waals surface area contributed by atoms with Crippen LogP contribution in [-0.2, 0) is 9.84 Å². The first-order valence-corrected chi connectivity index (χ1v) is 8.29. The predicted octanol–water partition coefficient (Wildman–Crippen LogP) is 0.204. The van der Waals surface area contributed by atoms with Crippen molar-refractivity contribution in [3.05, 3.63) is 24.3 Å². The van der Waals surface area contributed by atoms with Gasteiger partial charge in [0.05, 0.1) is 17.2 Å². The van der Waals surface area contributed by atoms with Crippen molar-refractivity contribution in [2.24, 2.45) is 0 Å². The van der Waals surface area contributed by atoms with Crippen molar-refractivity contribution in [2.45, 2.75) is 4.90 Å². The zero-order valence-electron chi connectivity index (χ0n) is 11.1. The third-order valence-electron chi connectivity index (χ3n) is 3.39. The summed E-state index contributed by atoms with van der Waals surface area (Å²) < 4.78 is 23.6. The first kappa shape index (κ1) is 14.3. The van der Waals surface area contributed by atoms with Crippen molar-refractivity contribution >= 4 is 15.5 Å². The molecule has 1 aromatic carbocycles. The maximum atomic E-state index is 11.8. The van der Waals surface area contributed by atoms with Crippen molar-refractivity contribution in [3.8, 4) is 0 Å². The Balaban J connectivity index is 2.16. The van der Waals surface area contributed by atoms with E-state index in [1.54, 1.807) is 12.1 Å². The number of nitrogens with zero attached hydrogens (tertiary/aromatic N) is 2. The summed E-state index contributed by atoms with van der Waals surface area (Å²) in [5.41, 5.74) is 0.786. The minimum atomic E-state index is -3.20.